The zero-order chi connectivity index (χ0) is 17.7. The van der Waals surface area contributed by atoms with Crippen LogP contribution in [0.2, 0.25) is 0 Å². The largest absolute Gasteiger partial charge is 0.388 e. The molecule has 1 spiro atoms. The van der Waals surface area contributed by atoms with E-state index in [4.69, 9.17) is 18.9 Å². The zero-order valence-electron chi connectivity index (χ0n) is 15.5. The van der Waals surface area contributed by atoms with E-state index in [1.54, 1.807) is 0 Å². The van der Waals surface area contributed by atoms with Gasteiger partial charge in [0.25, 0.3) is 0 Å². The van der Waals surface area contributed by atoms with Gasteiger partial charge in [-0.15, -0.1) is 6.58 Å². The van der Waals surface area contributed by atoms with E-state index >= 15 is 0 Å². The summed E-state index contributed by atoms with van der Waals surface area (Å²) in [5, 5.41) is 10.8. The molecular formula is C20H32O5. The van der Waals surface area contributed by atoms with E-state index in [1.165, 1.54) is 6.42 Å². The minimum absolute atomic E-state index is 0.0959. The van der Waals surface area contributed by atoms with Crippen LogP contribution in [0.5, 0.6) is 0 Å². The molecule has 3 aliphatic heterocycles. The van der Waals surface area contributed by atoms with Crippen molar-refractivity contribution >= 4 is 0 Å². The number of fused-ring (bicyclic) bond motifs is 1. The van der Waals surface area contributed by atoms with Crippen molar-refractivity contribution < 1.29 is 24.1 Å². The Hall–Kier alpha value is -0.460. The molecule has 4 aliphatic rings. The second-order valence-electron chi connectivity index (χ2n) is 8.83. The van der Waals surface area contributed by atoms with Crippen LogP contribution in [0.25, 0.3) is 0 Å². The molecule has 0 aromatic rings. The van der Waals surface area contributed by atoms with Gasteiger partial charge in [0.1, 0.15) is 18.3 Å². The number of aliphatic hydroxyl groups is 1. The fourth-order valence-electron chi connectivity index (χ4n) is 5.10. The fourth-order valence-corrected chi connectivity index (χ4v) is 5.10. The monoisotopic (exact) mass is 352 g/mol. The molecule has 4 rings (SSSR count). The van der Waals surface area contributed by atoms with Crippen molar-refractivity contribution in [1.29, 1.82) is 0 Å². The van der Waals surface area contributed by atoms with Crippen LogP contribution in [-0.4, -0.2) is 53.6 Å². The van der Waals surface area contributed by atoms with Crippen molar-refractivity contribution in [1.82, 2.24) is 0 Å². The molecule has 3 saturated heterocycles. The first kappa shape index (κ1) is 17.9. The van der Waals surface area contributed by atoms with Crippen LogP contribution in [0.1, 0.15) is 58.8 Å². The van der Waals surface area contributed by atoms with Crippen molar-refractivity contribution in [3.63, 3.8) is 0 Å². The number of hydrogen-bond acceptors (Lipinski definition) is 5. The van der Waals surface area contributed by atoms with Crippen molar-refractivity contribution in [2.45, 2.75) is 101 Å². The average Bonchev–Trinajstić information content (AvgIpc) is 3.12. The Bertz CT molecular complexity index is 498. The Kier molecular flexibility index (Phi) is 4.74. The van der Waals surface area contributed by atoms with Crippen LogP contribution in [0.15, 0.2) is 12.7 Å². The lowest BCUT2D eigenvalue weighted by Crippen LogP contribution is -2.58. The minimum atomic E-state index is -0.670. The maximum absolute atomic E-state index is 10.8. The van der Waals surface area contributed by atoms with Gasteiger partial charge in [0.15, 0.2) is 5.79 Å². The lowest BCUT2D eigenvalue weighted by molar-refractivity contribution is -0.203. The van der Waals surface area contributed by atoms with E-state index in [9.17, 15) is 5.11 Å². The molecule has 0 amide bonds. The third-order valence-corrected chi connectivity index (χ3v) is 6.32. The highest BCUT2D eigenvalue weighted by Gasteiger charge is 2.59. The highest BCUT2D eigenvalue weighted by atomic mass is 16.8. The second kappa shape index (κ2) is 6.61. The summed E-state index contributed by atoms with van der Waals surface area (Å²) in [5.74, 6) is -0.251. The van der Waals surface area contributed by atoms with Crippen molar-refractivity contribution in [3.8, 4) is 0 Å². The lowest BCUT2D eigenvalue weighted by atomic mass is 9.84. The molecule has 1 saturated carbocycles. The molecule has 1 N–H and O–H groups in total. The van der Waals surface area contributed by atoms with Gasteiger partial charge in [-0.2, -0.15) is 0 Å². The van der Waals surface area contributed by atoms with E-state index in [1.807, 2.05) is 6.08 Å². The Morgan fingerprint density at radius 1 is 1.08 bits per heavy atom. The molecule has 0 bridgehead atoms. The molecule has 5 heteroatoms. The van der Waals surface area contributed by atoms with Gasteiger partial charge >= 0.3 is 0 Å². The van der Waals surface area contributed by atoms with E-state index in [0.717, 1.165) is 32.1 Å². The van der Waals surface area contributed by atoms with Crippen LogP contribution >= 0.6 is 0 Å². The summed E-state index contributed by atoms with van der Waals surface area (Å²) < 4.78 is 25.2. The molecule has 5 nitrogen and oxygen atoms in total. The first-order valence-electron chi connectivity index (χ1n) is 9.87. The molecule has 3 heterocycles. The van der Waals surface area contributed by atoms with Crippen LogP contribution in [-0.2, 0) is 18.9 Å². The van der Waals surface area contributed by atoms with E-state index in [2.05, 4.69) is 20.4 Å². The summed E-state index contributed by atoms with van der Waals surface area (Å²) in [6.07, 6.45) is 7.10. The predicted octanol–water partition coefficient (Wildman–Crippen LogP) is 2.95. The normalized spacial score (nSPS) is 45.4. The third-order valence-electron chi connectivity index (χ3n) is 6.32. The molecule has 142 valence electrons. The van der Waals surface area contributed by atoms with Crippen LogP contribution in [0, 0.1) is 5.92 Å². The van der Waals surface area contributed by atoms with Gasteiger partial charge in [0.05, 0.1) is 24.4 Å². The highest BCUT2D eigenvalue weighted by Crippen LogP contribution is 2.48. The third kappa shape index (κ3) is 3.30. The van der Waals surface area contributed by atoms with Crippen LogP contribution < -0.4 is 0 Å². The molecule has 0 unspecified atom stereocenters. The number of aliphatic hydroxyl groups excluding tert-OH is 1. The molecule has 25 heavy (non-hydrogen) atoms. The summed E-state index contributed by atoms with van der Waals surface area (Å²) in [7, 11) is 0. The van der Waals surface area contributed by atoms with Gasteiger partial charge in [0, 0.05) is 18.8 Å². The summed E-state index contributed by atoms with van der Waals surface area (Å²) in [4.78, 5) is 0. The van der Waals surface area contributed by atoms with Crippen LogP contribution in [0.4, 0.5) is 0 Å². The first-order chi connectivity index (χ1) is 11.9. The molecule has 6 atom stereocenters. The molecular weight excluding hydrogens is 320 g/mol. The quantitative estimate of drug-likeness (QED) is 0.792. The number of rotatable bonds is 3. The summed E-state index contributed by atoms with van der Waals surface area (Å²) in [6, 6.07) is 0. The molecule has 1 aliphatic carbocycles. The predicted molar refractivity (Wildman–Crippen MR) is 93.2 cm³/mol. The maximum Gasteiger partial charge on any atom is 0.169 e. The standard InChI is InChI=1S/C20H32O5/c1-4-8-14-15(21)17-18(25-20(24-17)9-6-5-7-10-20)16(23-14)13-11-19(2,3)22-12-13/h4,13-18,21H,1,5-12H2,2-3H3/t13-,14+,15+,16+,17+,18-/m1/s1. The molecule has 4 fully saturated rings. The Labute approximate surface area is 150 Å². The second-order valence-corrected chi connectivity index (χ2v) is 8.83. The first-order valence-corrected chi connectivity index (χ1v) is 9.87. The SMILES string of the molecule is C=CC[C@@H]1O[C@@H]([C@H]2COC(C)(C)C2)[C@H]2OC3(CCCCC3)O[C@H]2[C@H]1O. The Morgan fingerprint density at radius 3 is 2.44 bits per heavy atom. The summed E-state index contributed by atoms with van der Waals surface area (Å²) in [5.41, 5.74) is -0.129. The smallest absolute Gasteiger partial charge is 0.169 e. The number of ether oxygens (including phenoxy) is 4. The highest BCUT2D eigenvalue weighted by molar-refractivity contribution is 5.04. The van der Waals surface area contributed by atoms with Gasteiger partial charge < -0.3 is 24.1 Å². The maximum atomic E-state index is 10.8. The van der Waals surface area contributed by atoms with E-state index < -0.39 is 11.9 Å². The summed E-state index contributed by atoms with van der Waals surface area (Å²) >= 11 is 0. The van der Waals surface area contributed by atoms with Crippen molar-refractivity contribution in [2.24, 2.45) is 5.92 Å². The van der Waals surface area contributed by atoms with E-state index in [0.29, 0.717) is 13.0 Å². The van der Waals surface area contributed by atoms with Gasteiger partial charge in [-0.25, -0.2) is 0 Å². The van der Waals surface area contributed by atoms with Crippen LogP contribution in [0.3, 0.4) is 0 Å². The van der Waals surface area contributed by atoms with Gasteiger partial charge in [-0.05, 0) is 39.5 Å². The van der Waals surface area contributed by atoms with Gasteiger partial charge in [-0.3, -0.25) is 0 Å². The molecule has 0 aromatic heterocycles. The number of hydrogen-bond donors (Lipinski definition) is 1. The average molecular weight is 352 g/mol. The molecule has 0 aromatic carbocycles. The zero-order valence-corrected chi connectivity index (χ0v) is 15.5. The van der Waals surface area contributed by atoms with Gasteiger partial charge in [0.2, 0.25) is 0 Å². The Morgan fingerprint density at radius 2 is 1.80 bits per heavy atom. The minimum Gasteiger partial charge on any atom is -0.388 e. The van der Waals surface area contributed by atoms with Crippen molar-refractivity contribution in [2.75, 3.05) is 6.61 Å². The summed E-state index contributed by atoms with van der Waals surface area (Å²) in [6.45, 7) is 8.74. The topological polar surface area (TPSA) is 57.2 Å². The van der Waals surface area contributed by atoms with Gasteiger partial charge in [-0.1, -0.05) is 12.5 Å². The van der Waals surface area contributed by atoms with E-state index in [-0.39, 0.29) is 35.9 Å². The fraction of sp³-hybridized carbons (Fsp3) is 0.900. The lowest BCUT2D eigenvalue weighted by Gasteiger charge is -2.42. The molecule has 0 radical (unpaired) electrons. The Balaban J connectivity index is 1.58. The van der Waals surface area contributed by atoms with Crippen molar-refractivity contribution in [3.05, 3.63) is 12.7 Å².